The van der Waals surface area contributed by atoms with Gasteiger partial charge in [-0.2, -0.15) is 5.10 Å². The molecule has 0 atom stereocenters. The van der Waals surface area contributed by atoms with Gasteiger partial charge >= 0.3 is 0 Å². The molecule has 0 saturated carbocycles. The van der Waals surface area contributed by atoms with E-state index in [4.69, 9.17) is 34.8 Å². The summed E-state index contributed by atoms with van der Waals surface area (Å²) in [5, 5.41) is 9.91. The summed E-state index contributed by atoms with van der Waals surface area (Å²) in [7, 11) is -3.43. The average Bonchev–Trinajstić information content (AvgIpc) is 3.32. The molecule has 1 aliphatic heterocycles. The molecule has 1 aromatic heterocycles. The molecule has 0 bridgehead atoms. The molecule has 1 fully saturated rings. The lowest BCUT2D eigenvalue weighted by Gasteiger charge is -2.19. The highest BCUT2D eigenvalue weighted by atomic mass is 35.5. The minimum atomic E-state index is -3.43. The van der Waals surface area contributed by atoms with E-state index in [2.05, 4.69) is 15.5 Å². The zero-order valence-corrected chi connectivity index (χ0v) is 18.4. The molecule has 1 amide bonds. The van der Waals surface area contributed by atoms with Crippen LogP contribution in [0.1, 0.15) is 16.8 Å². The van der Waals surface area contributed by atoms with Crippen molar-refractivity contribution in [1.82, 2.24) is 10.2 Å². The zero-order valence-electron chi connectivity index (χ0n) is 15.3. The summed E-state index contributed by atoms with van der Waals surface area (Å²) in [6.45, 7) is 0.323. The molecule has 1 aliphatic rings. The highest BCUT2D eigenvalue weighted by molar-refractivity contribution is 7.93. The van der Waals surface area contributed by atoms with Crippen LogP contribution in [-0.4, -0.2) is 36.8 Å². The van der Waals surface area contributed by atoms with Gasteiger partial charge in [-0.25, -0.2) is 8.42 Å². The van der Waals surface area contributed by atoms with Crippen LogP contribution in [0.4, 0.5) is 11.4 Å². The zero-order chi connectivity index (χ0) is 21.5. The van der Waals surface area contributed by atoms with Crippen molar-refractivity contribution in [3.63, 3.8) is 0 Å². The fraction of sp³-hybridized carbons (Fsp3) is 0.158. The molecule has 2 aromatic carbocycles. The Labute approximate surface area is 188 Å². The van der Waals surface area contributed by atoms with Crippen LogP contribution >= 0.6 is 34.8 Å². The molecule has 2 heterocycles. The Morgan fingerprint density at radius 2 is 1.90 bits per heavy atom. The first-order valence-corrected chi connectivity index (χ1v) is 11.6. The van der Waals surface area contributed by atoms with Crippen LogP contribution in [0.5, 0.6) is 0 Å². The smallest absolute Gasteiger partial charge is 0.257 e. The SMILES string of the molecule is O=C(Nc1cc(Cl)cc(-c2cn[nH]c2)c1)c1cc(N2CCCS2(=O)=O)cc(Cl)c1Cl. The summed E-state index contributed by atoms with van der Waals surface area (Å²) in [5.74, 6) is -0.491. The molecule has 11 heteroatoms. The van der Waals surface area contributed by atoms with E-state index in [1.807, 2.05) is 0 Å². The van der Waals surface area contributed by atoms with Gasteiger partial charge in [-0.15, -0.1) is 0 Å². The predicted molar refractivity (Wildman–Crippen MR) is 119 cm³/mol. The maximum Gasteiger partial charge on any atom is 0.257 e. The molecular formula is C19H15Cl3N4O3S. The second kappa shape index (κ2) is 8.11. The molecular weight excluding hydrogens is 471 g/mol. The molecule has 0 radical (unpaired) electrons. The first-order valence-electron chi connectivity index (χ1n) is 8.85. The number of aromatic amines is 1. The van der Waals surface area contributed by atoms with E-state index in [9.17, 15) is 13.2 Å². The molecule has 7 nitrogen and oxygen atoms in total. The van der Waals surface area contributed by atoms with E-state index >= 15 is 0 Å². The number of nitrogens with one attached hydrogen (secondary N) is 2. The summed E-state index contributed by atoms with van der Waals surface area (Å²) in [4.78, 5) is 12.9. The van der Waals surface area contributed by atoms with Gasteiger partial charge < -0.3 is 5.32 Å². The van der Waals surface area contributed by atoms with Crippen molar-refractivity contribution in [3.05, 3.63) is 63.4 Å². The van der Waals surface area contributed by atoms with Gasteiger partial charge in [-0.3, -0.25) is 14.2 Å². The number of sulfonamides is 1. The number of hydrogen-bond donors (Lipinski definition) is 2. The fourth-order valence-corrected chi connectivity index (χ4v) is 5.44. The van der Waals surface area contributed by atoms with Crippen LogP contribution in [0, 0.1) is 0 Å². The van der Waals surface area contributed by atoms with Crippen molar-refractivity contribution >= 4 is 62.1 Å². The number of anilines is 2. The summed E-state index contributed by atoms with van der Waals surface area (Å²) >= 11 is 18.6. The third-order valence-corrected chi connectivity index (χ3v) is 7.52. The molecule has 0 spiro atoms. The molecule has 30 heavy (non-hydrogen) atoms. The minimum absolute atomic E-state index is 0.0339. The van der Waals surface area contributed by atoms with E-state index in [1.165, 1.54) is 16.4 Å². The number of rotatable bonds is 4. The molecule has 0 unspecified atom stereocenters. The lowest BCUT2D eigenvalue weighted by atomic mass is 10.1. The Hall–Kier alpha value is -2.26. The second-order valence-electron chi connectivity index (χ2n) is 6.70. The monoisotopic (exact) mass is 484 g/mol. The molecule has 1 saturated heterocycles. The first-order chi connectivity index (χ1) is 14.2. The van der Waals surface area contributed by atoms with Crippen molar-refractivity contribution in [2.75, 3.05) is 21.9 Å². The van der Waals surface area contributed by atoms with Gasteiger partial charge in [0.05, 0.1) is 33.2 Å². The van der Waals surface area contributed by atoms with E-state index in [0.29, 0.717) is 29.4 Å². The van der Waals surface area contributed by atoms with E-state index < -0.39 is 15.9 Å². The Balaban J connectivity index is 1.67. The van der Waals surface area contributed by atoms with Crippen molar-refractivity contribution in [2.24, 2.45) is 0 Å². The van der Waals surface area contributed by atoms with Crippen LogP contribution < -0.4 is 9.62 Å². The number of benzene rings is 2. The quantitative estimate of drug-likeness (QED) is 0.553. The Bertz CT molecular complexity index is 1230. The number of hydrogen-bond acceptors (Lipinski definition) is 4. The summed E-state index contributed by atoms with van der Waals surface area (Å²) in [5.41, 5.74) is 2.36. The fourth-order valence-electron chi connectivity index (χ4n) is 3.25. The second-order valence-corrected chi connectivity index (χ2v) is 9.93. The first kappa shape index (κ1) is 21.0. The highest BCUT2D eigenvalue weighted by Crippen LogP contribution is 2.35. The molecule has 2 N–H and O–H groups in total. The molecule has 0 aliphatic carbocycles. The van der Waals surface area contributed by atoms with Crippen LogP contribution in [0.2, 0.25) is 15.1 Å². The summed E-state index contributed by atoms with van der Waals surface area (Å²) in [6, 6.07) is 7.94. The van der Waals surface area contributed by atoms with E-state index in [1.54, 1.807) is 30.6 Å². The molecule has 3 aromatic rings. The van der Waals surface area contributed by atoms with Gasteiger partial charge in [0, 0.05) is 29.0 Å². The highest BCUT2D eigenvalue weighted by Gasteiger charge is 2.30. The van der Waals surface area contributed by atoms with Crippen LogP contribution in [0.15, 0.2) is 42.7 Å². The van der Waals surface area contributed by atoms with E-state index in [0.717, 1.165) is 11.1 Å². The van der Waals surface area contributed by atoms with E-state index in [-0.39, 0.29) is 21.4 Å². The number of nitrogens with zero attached hydrogens (tertiary/aromatic N) is 2. The lowest BCUT2D eigenvalue weighted by Crippen LogP contribution is -2.25. The number of amides is 1. The van der Waals surface area contributed by atoms with Gasteiger partial charge in [0.15, 0.2) is 0 Å². The number of aromatic nitrogens is 2. The number of carbonyl (C=O) groups is 1. The maximum atomic E-state index is 12.9. The largest absolute Gasteiger partial charge is 0.322 e. The summed E-state index contributed by atoms with van der Waals surface area (Å²) < 4.78 is 25.7. The Morgan fingerprint density at radius 3 is 2.57 bits per heavy atom. The molecule has 4 rings (SSSR count). The lowest BCUT2D eigenvalue weighted by molar-refractivity contribution is 0.102. The van der Waals surface area contributed by atoms with Crippen molar-refractivity contribution in [1.29, 1.82) is 0 Å². The third kappa shape index (κ3) is 4.13. The number of halogens is 3. The normalized spacial score (nSPS) is 15.4. The number of carbonyl (C=O) groups excluding carboxylic acids is 1. The van der Waals surface area contributed by atoms with Crippen molar-refractivity contribution in [2.45, 2.75) is 6.42 Å². The summed E-state index contributed by atoms with van der Waals surface area (Å²) in [6.07, 6.45) is 3.84. The predicted octanol–water partition coefficient (Wildman–Crippen LogP) is 4.83. The molecule has 156 valence electrons. The minimum Gasteiger partial charge on any atom is -0.322 e. The van der Waals surface area contributed by atoms with Crippen molar-refractivity contribution < 1.29 is 13.2 Å². The van der Waals surface area contributed by atoms with Gasteiger partial charge in [0.2, 0.25) is 10.0 Å². The van der Waals surface area contributed by atoms with Crippen LogP contribution in [-0.2, 0) is 10.0 Å². The standard InChI is InChI=1S/C19H15Cl3N4O3S/c20-13-4-11(12-9-23-24-10-12)5-14(6-13)25-19(27)16-7-15(8-17(21)18(16)22)26-2-1-3-30(26,28)29/h4-10H,1-3H2,(H,23,24)(H,25,27). The third-order valence-electron chi connectivity index (χ3n) is 4.63. The van der Waals surface area contributed by atoms with Gasteiger partial charge in [0.25, 0.3) is 5.91 Å². The topological polar surface area (TPSA) is 95.2 Å². The number of H-pyrrole nitrogens is 1. The van der Waals surface area contributed by atoms with Crippen LogP contribution in [0.3, 0.4) is 0 Å². The Kier molecular flexibility index (Phi) is 5.67. The average molecular weight is 486 g/mol. The van der Waals surface area contributed by atoms with Gasteiger partial charge in [-0.1, -0.05) is 34.8 Å². The van der Waals surface area contributed by atoms with Gasteiger partial charge in [-0.05, 0) is 42.3 Å². The van der Waals surface area contributed by atoms with Crippen LogP contribution in [0.25, 0.3) is 11.1 Å². The Morgan fingerprint density at radius 1 is 1.10 bits per heavy atom. The maximum absolute atomic E-state index is 12.9. The van der Waals surface area contributed by atoms with Gasteiger partial charge in [0.1, 0.15) is 0 Å². The van der Waals surface area contributed by atoms with Crippen molar-refractivity contribution in [3.8, 4) is 11.1 Å².